The van der Waals surface area contributed by atoms with Crippen LogP contribution in [-0.4, -0.2) is 41.6 Å². The summed E-state index contributed by atoms with van der Waals surface area (Å²) in [6, 6.07) is 10.2. The van der Waals surface area contributed by atoms with Crippen LogP contribution in [0.15, 0.2) is 42.7 Å². The van der Waals surface area contributed by atoms with Crippen LogP contribution in [0, 0.1) is 0 Å². The number of rotatable bonds is 6. The molecule has 6 nitrogen and oxygen atoms in total. The van der Waals surface area contributed by atoms with E-state index in [2.05, 4.69) is 27.9 Å². The Morgan fingerprint density at radius 1 is 1.33 bits per heavy atom. The molecule has 1 aliphatic rings. The standard InChI is InChI=1S/C18H24N4O2/c1-24-17-8-5-15(13-17)21-18(23)19-11-9-14-3-6-16(7-4-14)22-12-2-10-20-22/h2-4,6-7,10,12,15,17H,5,8-9,11,13H2,1H3,(H2,19,21,23)/t15-,17-/m1/s1. The van der Waals surface area contributed by atoms with Crippen molar-refractivity contribution < 1.29 is 9.53 Å². The molecule has 2 aromatic rings. The van der Waals surface area contributed by atoms with Gasteiger partial charge in [-0.05, 0) is 49.4 Å². The monoisotopic (exact) mass is 328 g/mol. The average Bonchev–Trinajstić information content (AvgIpc) is 3.27. The number of methoxy groups -OCH3 is 1. The SMILES string of the molecule is CO[C@@H]1CC[C@@H](NC(=O)NCCc2ccc(-n3cccn3)cc2)C1. The predicted molar refractivity (Wildman–Crippen MR) is 92.2 cm³/mol. The Morgan fingerprint density at radius 2 is 2.17 bits per heavy atom. The number of amides is 2. The van der Waals surface area contributed by atoms with Crippen molar-refractivity contribution in [1.29, 1.82) is 0 Å². The molecule has 1 aromatic carbocycles. The molecule has 1 heterocycles. The highest BCUT2D eigenvalue weighted by molar-refractivity contribution is 5.74. The third-order valence-electron chi connectivity index (χ3n) is 4.46. The van der Waals surface area contributed by atoms with Crippen LogP contribution in [0.4, 0.5) is 4.79 Å². The van der Waals surface area contributed by atoms with E-state index in [0.717, 1.165) is 31.4 Å². The van der Waals surface area contributed by atoms with Gasteiger partial charge in [-0.3, -0.25) is 0 Å². The molecule has 0 bridgehead atoms. The summed E-state index contributed by atoms with van der Waals surface area (Å²) in [4.78, 5) is 11.9. The van der Waals surface area contributed by atoms with Crippen LogP contribution in [0.3, 0.4) is 0 Å². The molecule has 128 valence electrons. The Labute approximate surface area is 142 Å². The highest BCUT2D eigenvalue weighted by Gasteiger charge is 2.25. The van der Waals surface area contributed by atoms with Gasteiger partial charge in [-0.15, -0.1) is 0 Å². The first-order chi connectivity index (χ1) is 11.7. The van der Waals surface area contributed by atoms with Crippen LogP contribution in [0.5, 0.6) is 0 Å². The molecule has 1 saturated carbocycles. The summed E-state index contributed by atoms with van der Waals surface area (Å²) < 4.78 is 7.14. The zero-order chi connectivity index (χ0) is 16.8. The van der Waals surface area contributed by atoms with Crippen molar-refractivity contribution in [2.75, 3.05) is 13.7 Å². The molecule has 1 aromatic heterocycles. The van der Waals surface area contributed by atoms with E-state index in [0.29, 0.717) is 6.54 Å². The molecule has 6 heteroatoms. The molecular formula is C18H24N4O2. The third kappa shape index (κ3) is 4.35. The summed E-state index contributed by atoms with van der Waals surface area (Å²) in [5, 5.41) is 10.1. The van der Waals surface area contributed by atoms with Gasteiger partial charge < -0.3 is 15.4 Å². The lowest BCUT2D eigenvalue weighted by Crippen LogP contribution is -2.41. The van der Waals surface area contributed by atoms with Gasteiger partial charge in [0, 0.05) is 32.1 Å². The molecule has 0 saturated heterocycles. The minimum absolute atomic E-state index is 0.0927. The van der Waals surface area contributed by atoms with Crippen LogP contribution in [0.25, 0.3) is 5.69 Å². The van der Waals surface area contributed by atoms with Crippen molar-refractivity contribution >= 4 is 6.03 Å². The summed E-state index contributed by atoms with van der Waals surface area (Å²) in [6.45, 7) is 0.618. The second-order valence-electron chi connectivity index (χ2n) is 6.14. The minimum atomic E-state index is -0.0927. The van der Waals surface area contributed by atoms with Gasteiger partial charge in [0.05, 0.1) is 11.8 Å². The van der Waals surface area contributed by atoms with E-state index in [9.17, 15) is 4.79 Å². The topological polar surface area (TPSA) is 68.2 Å². The van der Waals surface area contributed by atoms with Crippen LogP contribution in [0.1, 0.15) is 24.8 Å². The third-order valence-corrected chi connectivity index (χ3v) is 4.46. The molecule has 0 radical (unpaired) electrons. The van der Waals surface area contributed by atoms with Crippen molar-refractivity contribution in [2.45, 2.75) is 37.8 Å². The largest absolute Gasteiger partial charge is 0.381 e. The second-order valence-corrected chi connectivity index (χ2v) is 6.14. The van der Waals surface area contributed by atoms with Crippen LogP contribution in [-0.2, 0) is 11.2 Å². The number of nitrogens with one attached hydrogen (secondary N) is 2. The Bertz CT molecular complexity index is 640. The van der Waals surface area contributed by atoms with Crippen molar-refractivity contribution in [1.82, 2.24) is 20.4 Å². The number of carbonyl (C=O) groups excluding carboxylic acids is 1. The first kappa shape index (κ1) is 16.5. The van der Waals surface area contributed by atoms with Crippen molar-refractivity contribution in [3.63, 3.8) is 0 Å². The lowest BCUT2D eigenvalue weighted by atomic mass is 10.1. The Hall–Kier alpha value is -2.34. The molecule has 1 fully saturated rings. The number of hydrogen-bond donors (Lipinski definition) is 2. The fourth-order valence-corrected chi connectivity index (χ4v) is 3.08. The number of aromatic nitrogens is 2. The van der Waals surface area contributed by atoms with Crippen LogP contribution in [0.2, 0.25) is 0 Å². The van der Waals surface area contributed by atoms with E-state index >= 15 is 0 Å². The van der Waals surface area contributed by atoms with Gasteiger partial charge in [-0.1, -0.05) is 12.1 Å². The van der Waals surface area contributed by atoms with E-state index in [4.69, 9.17) is 4.74 Å². The maximum Gasteiger partial charge on any atom is 0.315 e. The fourth-order valence-electron chi connectivity index (χ4n) is 3.08. The van der Waals surface area contributed by atoms with E-state index in [-0.39, 0.29) is 18.2 Å². The average molecular weight is 328 g/mol. The fraction of sp³-hybridized carbons (Fsp3) is 0.444. The number of carbonyl (C=O) groups is 1. The van der Waals surface area contributed by atoms with Gasteiger partial charge in [0.2, 0.25) is 0 Å². The Morgan fingerprint density at radius 3 is 2.83 bits per heavy atom. The maximum atomic E-state index is 11.9. The molecule has 3 rings (SSSR count). The van der Waals surface area contributed by atoms with Gasteiger partial charge in [0.1, 0.15) is 0 Å². The first-order valence-corrected chi connectivity index (χ1v) is 8.40. The van der Waals surface area contributed by atoms with E-state index in [1.807, 2.05) is 29.1 Å². The predicted octanol–water partition coefficient (Wildman–Crippen LogP) is 2.28. The van der Waals surface area contributed by atoms with Gasteiger partial charge in [0.25, 0.3) is 0 Å². The van der Waals surface area contributed by atoms with Crippen LogP contribution < -0.4 is 10.6 Å². The summed E-state index contributed by atoms with van der Waals surface area (Å²) in [6.07, 6.45) is 7.67. The summed E-state index contributed by atoms with van der Waals surface area (Å²) in [5.41, 5.74) is 2.22. The molecule has 0 aliphatic heterocycles. The quantitative estimate of drug-likeness (QED) is 0.855. The van der Waals surface area contributed by atoms with E-state index in [1.54, 1.807) is 13.3 Å². The van der Waals surface area contributed by atoms with Crippen molar-refractivity contribution in [3.8, 4) is 5.69 Å². The highest BCUT2D eigenvalue weighted by atomic mass is 16.5. The smallest absolute Gasteiger partial charge is 0.315 e. The van der Waals surface area contributed by atoms with E-state index in [1.165, 1.54) is 5.56 Å². The maximum absolute atomic E-state index is 11.9. The van der Waals surface area contributed by atoms with Gasteiger partial charge >= 0.3 is 6.03 Å². The lowest BCUT2D eigenvalue weighted by molar-refractivity contribution is 0.107. The number of nitrogens with zero attached hydrogens (tertiary/aromatic N) is 2. The van der Waals surface area contributed by atoms with E-state index < -0.39 is 0 Å². The van der Waals surface area contributed by atoms with Crippen molar-refractivity contribution in [3.05, 3.63) is 48.3 Å². The highest BCUT2D eigenvalue weighted by Crippen LogP contribution is 2.21. The molecule has 2 amide bonds. The number of hydrogen-bond acceptors (Lipinski definition) is 3. The second kappa shape index (κ2) is 7.97. The summed E-state index contributed by atoms with van der Waals surface area (Å²) >= 11 is 0. The molecule has 1 aliphatic carbocycles. The van der Waals surface area contributed by atoms with Gasteiger partial charge in [-0.2, -0.15) is 5.10 Å². The first-order valence-electron chi connectivity index (χ1n) is 8.40. The molecule has 24 heavy (non-hydrogen) atoms. The van der Waals surface area contributed by atoms with Crippen LogP contribution >= 0.6 is 0 Å². The lowest BCUT2D eigenvalue weighted by Gasteiger charge is -2.14. The summed E-state index contributed by atoms with van der Waals surface area (Å²) in [7, 11) is 1.73. The minimum Gasteiger partial charge on any atom is -0.381 e. The van der Waals surface area contributed by atoms with Gasteiger partial charge in [0.15, 0.2) is 0 Å². The number of ether oxygens (including phenoxy) is 1. The molecule has 2 N–H and O–H groups in total. The zero-order valence-corrected chi connectivity index (χ0v) is 13.9. The normalized spacial score (nSPS) is 20.0. The Kier molecular flexibility index (Phi) is 5.48. The Balaban J connectivity index is 1.39. The number of benzene rings is 1. The summed E-state index contributed by atoms with van der Waals surface area (Å²) in [5.74, 6) is 0. The van der Waals surface area contributed by atoms with Crippen molar-refractivity contribution in [2.24, 2.45) is 0 Å². The number of urea groups is 1. The molecular weight excluding hydrogens is 304 g/mol. The molecule has 2 atom stereocenters. The van der Waals surface area contributed by atoms with Gasteiger partial charge in [-0.25, -0.2) is 9.48 Å². The molecule has 0 unspecified atom stereocenters. The zero-order valence-electron chi connectivity index (χ0n) is 13.9. The molecule has 0 spiro atoms.